The zero-order valence-corrected chi connectivity index (χ0v) is 13.7. The van der Waals surface area contributed by atoms with E-state index in [9.17, 15) is 4.79 Å². The van der Waals surface area contributed by atoms with Gasteiger partial charge in [0.25, 0.3) is 0 Å². The monoisotopic (exact) mass is 302 g/mol. The molecule has 0 rings (SSSR count). The second-order valence-corrected chi connectivity index (χ2v) is 5.46. The van der Waals surface area contributed by atoms with Gasteiger partial charge in [-0.05, 0) is 72.5 Å². The molecular weight excluding hydrogens is 268 g/mol. The van der Waals surface area contributed by atoms with E-state index < -0.39 is 0 Å². The summed E-state index contributed by atoms with van der Waals surface area (Å²) in [6.07, 6.45) is 3.65. The number of carbonyl (C=O) groups is 1. The highest BCUT2D eigenvalue weighted by molar-refractivity contribution is 5.81. The van der Waals surface area contributed by atoms with Crippen LogP contribution in [0.5, 0.6) is 0 Å². The first kappa shape index (κ1) is 20.3. The predicted octanol–water partition coefficient (Wildman–Crippen LogP) is -1.35. The lowest BCUT2D eigenvalue weighted by Crippen LogP contribution is -2.47. The minimum atomic E-state index is -0.146. The lowest BCUT2D eigenvalue weighted by Gasteiger charge is -2.20. The third-order valence-corrected chi connectivity index (χ3v) is 3.06. The van der Waals surface area contributed by atoms with Crippen LogP contribution in [-0.2, 0) is 4.79 Å². The number of carbonyl (C=O) groups excluding carboxylic acids is 1. The Labute approximate surface area is 129 Å². The van der Waals surface area contributed by atoms with Crippen molar-refractivity contribution in [3.63, 3.8) is 0 Å². The topological polar surface area (TPSA) is 108 Å². The van der Waals surface area contributed by atoms with Gasteiger partial charge in [-0.15, -0.1) is 0 Å². The number of rotatable bonds is 14. The Hall–Kier alpha value is -0.730. The zero-order valence-electron chi connectivity index (χ0n) is 13.7. The molecule has 7 nitrogen and oxygen atoms in total. The molecule has 1 unspecified atom stereocenters. The van der Waals surface area contributed by atoms with Crippen LogP contribution in [0.1, 0.15) is 25.7 Å². The van der Waals surface area contributed by atoms with Gasteiger partial charge in [-0.3, -0.25) is 9.69 Å². The van der Waals surface area contributed by atoms with E-state index >= 15 is 0 Å². The van der Waals surface area contributed by atoms with Crippen LogP contribution in [0.15, 0.2) is 0 Å². The molecule has 7 heteroatoms. The van der Waals surface area contributed by atoms with E-state index in [-0.39, 0.29) is 11.9 Å². The Bertz CT molecular complexity index is 250. The highest BCUT2D eigenvalue weighted by Gasteiger charge is 2.16. The first-order valence-corrected chi connectivity index (χ1v) is 7.88. The molecule has 1 amide bonds. The van der Waals surface area contributed by atoms with Gasteiger partial charge in [0.15, 0.2) is 0 Å². The summed E-state index contributed by atoms with van der Waals surface area (Å²) < 4.78 is 0. The Morgan fingerprint density at radius 3 is 2.29 bits per heavy atom. The Kier molecular flexibility index (Phi) is 13.7. The largest absolute Gasteiger partial charge is 0.342 e. The standard InChI is InChI=1S/C14H34N6O/c1-20(2)12-19-14(21)13(18-11-5-8-16)6-3-9-17-10-4-7-15/h13,17-18H,3-12,15-16H2,1-2H3,(H,19,21). The summed E-state index contributed by atoms with van der Waals surface area (Å²) in [7, 11) is 3.86. The van der Waals surface area contributed by atoms with Crippen molar-refractivity contribution in [3.05, 3.63) is 0 Å². The quantitative estimate of drug-likeness (QED) is 0.200. The van der Waals surface area contributed by atoms with Crippen molar-refractivity contribution in [1.29, 1.82) is 0 Å². The van der Waals surface area contributed by atoms with Crippen LogP contribution in [0.3, 0.4) is 0 Å². The SMILES string of the molecule is CN(C)CNC(=O)C(CCCNCCCN)NCCCN. The normalized spacial score (nSPS) is 12.6. The minimum Gasteiger partial charge on any atom is -0.342 e. The summed E-state index contributed by atoms with van der Waals surface area (Å²) >= 11 is 0. The third kappa shape index (κ3) is 12.7. The molecule has 0 saturated heterocycles. The molecule has 0 aliphatic carbocycles. The van der Waals surface area contributed by atoms with E-state index in [0.717, 1.165) is 45.3 Å². The summed E-state index contributed by atoms with van der Waals surface area (Å²) in [5.41, 5.74) is 10.9. The van der Waals surface area contributed by atoms with Crippen LogP contribution in [0.25, 0.3) is 0 Å². The number of nitrogens with two attached hydrogens (primary N) is 2. The van der Waals surface area contributed by atoms with Gasteiger partial charge < -0.3 is 27.4 Å². The van der Waals surface area contributed by atoms with Gasteiger partial charge in [-0.1, -0.05) is 0 Å². The van der Waals surface area contributed by atoms with Crippen LogP contribution in [0.4, 0.5) is 0 Å². The summed E-state index contributed by atoms with van der Waals surface area (Å²) in [4.78, 5) is 14.1. The summed E-state index contributed by atoms with van der Waals surface area (Å²) in [6, 6.07) is -0.146. The number of amides is 1. The molecule has 0 saturated carbocycles. The molecule has 0 bridgehead atoms. The average Bonchev–Trinajstić information content (AvgIpc) is 2.46. The second-order valence-electron chi connectivity index (χ2n) is 5.46. The third-order valence-electron chi connectivity index (χ3n) is 3.06. The van der Waals surface area contributed by atoms with Crippen molar-refractivity contribution in [1.82, 2.24) is 20.9 Å². The lowest BCUT2D eigenvalue weighted by molar-refractivity contribution is -0.123. The first-order valence-electron chi connectivity index (χ1n) is 7.88. The molecule has 0 aliphatic rings. The molecule has 21 heavy (non-hydrogen) atoms. The van der Waals surface area contributed by atoms with Crippen LogP contribution >= 0.6 is 0 Å². The van der Waals surface area contributed by atoms with Gasteiger partial charge in [0.05, 0.1) is 12.7 Å². The molecule has 126 valence electrons. The molecule has 0 radical (unpaired) electrons. The maximum Gasteiger partial charge on any atom is 0.238 e. The molecule has 1 atom stereocenters. The van der Waals surface area contributed by atoms with Crippen molar-refractivity contribution >= 4 is 5.91 Å². The average molecular weight is 302 g/mol. The molecule has 0 aromatic carbocycles. The Morgan fingerprint density at radius 1 is 1.05 bits per heavy atom. The van der Waals surface area contributed by atoms with Crippen molar-refractivity contribution in [3.8, 4) is 0 Å². The van der Waals surface area contributed by atoms with Gasteiger partial charge in [0.2, 0.25) is 5.91 Å². The van der Waals surface area contributed by atoms with Crippen LogP contribution in [0.2, 0.25) is 0 Å². The van der Waals surface area contributed by atoms with Crippen molar-refractivity contribution < 1.29 is 4.79 Å². The van der Waals surface area contributed by atoms with Crippen molar-refractivity contribution in [2.75, 3.05) is 53.5 Å². The van der Waals surface area contributed by atoms with Crippen molar-refractivity contribution in [2.45, 2.75) is 31.7 Å². The van der Waals surface area contributed by atoms with Crippen LogP contribution < -0.4 is 27.4 Å². The van der Waals surface area contributed by atoms with E-state index in [2.05, 4.69) is 16.0 Å². The number of hydrogen-bond acceptors (Lipinski definition) is 6. The van der Waals surface area contributed by atoms with E-state index in [1.54, 1.807) is 0 Å². The second kappa shape index (κ2) is 14.2. The fourth-order valence-corrected chi connectivity index (χ4v) is 1.85. The smallest absolute Gasteiger partial charge is 0.238 e. The van der Waals surface area contributed by atoms with E-state index in [1.165, 1.54) is 0 Å². The number of hydrogen-bond donors (Lipinski definition) is 5. The lowest BCUT2D eigenvalue weighted by atomic mass is 10.1. The predicted molar refractivity (Wildman–Crippen MR) is 87.9 cm³/mol. The molecule has 0 heterocycles. The summed E-state index contributed by atoms with van der Waals surface area (Å²) in [5.74, 6) is 0.0580. The van der Waals surface area contributed by atoms with Crippen LogP contribution in [0, 0.1) is 0 Å². The van der Waals surface area contributed by atoms with Gasteiger partial charge in [0, 0.05) is 0 Å². The molecule has 0 fully saturated rings. The van der Waals surface area contributed by atoms with Crippen LogP contribution in [-0.4, -0.2) is 70.3 Å². The molecule has 0 aromatic heterocycles. The Balaban J connectivity index is 3.97. The Morgan fingerprint density at radius 2 is 1.67 bits per heavy atom. The molecule has 7 N–H and O–H groups in total. The highest BCUT2D eigenvalue weighted by Crippen LogP contribution is 1.98. The summed E-state index contributed by atoms with van der Waals surface area (Å²) in [6.45, 7) is 4.54. The number of nitrogens with zero attached hydrogens (tertiary/aromatic N) is 1. The summed E-state index contributed by atoms with van der Waals surface area (Å²) in [5, 5.41) is 9.54. The fraction of sp³-hybridized carbons (Fsp3) is 0.929. The molecular formula is C14H34N6O. The van der Waals surface area contributed by atoms with Gasteiger partial charge in [-0.2, -0.15) is 0 Å². The molecule has 0 aliphatic heterocycles. The highest BCUT2D eigenvalue weighted by atomic mass is 16.2. The van der Waals surface area contributed by atoms with Gasteiger partial charge in [-0.25, -0.2) is 0 Å². The maximum absolute atomic E-state index is 12.1. The van der Waals surface area contributed by atoms with E-state index in [0.29, 0.717) is 19.8 Å². The number of nitrogens with one attached hydrogen (secondary N) is 3. The van der Waals surface area contributed by atoms with Crippen molar-refractivity contribution in [2.24, 2.45) is 11.5 Å². The zero-order chi connectivity index (χ0) is 15.9. The van der Waals surface area contributed by atoms with Gasteiger partial charge in [0.1, 0.15) is 0 Å². The van der Waals surface area contributed by atoms with E-state index in [4.69, 9.17) is 11.5 Å². The fourth-order valence-electron chi connectivity index (χ4n) is 1.85. The first-order chi connectivity index (χ1) is 10.1. The minimum absolute atomic E-state index is 0.0580. The molecule has 0 spiro atoms. The molecule has 0 aromatic rings. The van der Waals surface area contributed by atoms with E-state index in [1.807, 2.05) is 19.0 Å². The maximum atomic E-state index is 12.1. The van der Waals surface area contributed by atoms with Gasteiger partial charge >= 0.3 is 0 Å².